The van der Waals surface area contributed by atoms with Crippen molar-refractivity contribution in [1.29, 1.82) is 0 Å². The maximum atomic E-state index is 11.3. The monoisotopic (exact) mass is 295 g/mol. The number of tetrazole rings is 1. The molecular weight excluding hydrogens is 278 g/mol. The molecule has 1 atom stereocenters. The fourth-order valence-electron chi connectivity index (χ4n) is 1.95. The first-order valence-electron chi connectivity index (χ1n) is 6.13. The average molecular weight is 295 g/mol. The van der Waals surface area contributed by atoms with Crippen LogP contribution < -0.4 is 5.32 Å². The van der Waals surface area contributed by atoms with Gasteiger partial charge in [0.25, 0.3) is 0 Å². The van der Waals surface area contributed by atoms with Crippen molar-refractivity contribution in [3.63, 3.8) is 0 Å². The number of aryl methyl sites for hydroxylation is 1. The molecule has 0 radical (unpaired) electrons. The van der Waals surface area contributed by atoms with Gasteiger partial charge in [-0.2, -0.15) is 0 Å². The fourth-order valence-corrected chi connectivity index (χ4v) is 2.94. The number of anilines is 1. The number of benzene rings is 1. The van der Waals surface area contributed by atoms with E-state index in [1.807, 2.05) is 32.0 Å². The quantitative estimate of drug-likeness (QED) is 0.878. The summed E-state index contributed by atoms with van der Waals surface area (Å²) in [6.45, 7) is 3.79. The third kappa shape index (κ3) is 3.77. The van der Waals surface area contributed by atoms with Gasteiger partial charge >= 0.3 is 0 Å². The van der Waals surface area contributed by atoms with Crippen LogP contribution in [0.5, 0.6) is 0 Å². The van der Waals surface area contributed by atoms with E-state index in [1.165, 1.54) is 12.6 Å². The zero-order valence-electron chi connectivity index (χ0n) is 11.6. The third-order valence-electron chi connectivity index (χ3n) is 2.79. The lowest BCUT2D eigenvalue weighted by Gasteiger charge is -2.17. The molecule has 0 amide bonds. The van der Waals surface area contributed by atoms with Crippen LogP contribution in [0, 0.1) is 6.92 Å². The molecule has 0 spiro atoms. The molecule has 0 aliphatic heterocycles. The first kappa shape index (κ1) is 14.4. The van der Waals surface area contributed by atoms with E-state index in [2.05, 4.69) is 20.8 Å². The fraction of sp³-hybridized carbons (Fsp3) is 0.417. The summed E-state index contributed by atoms with van der Waals surface area (Å²) in [5.41, 5.74) is 2.71. The van der Waals surface area contributed by atoms with Crippen LogP contribution in [-0.2, 0) is 9.84 Å². The van der Waals surface area contributed by atoms with E-state index < -0.39 is 9.84 Å². The minimum Gasteiger partial charge on any atom is -0.381 e. The van der Waals surface area contributed by atoms with E-state index in [9.17, 15) is 8.42 Å². The van der Waals surface area contributed by atoms with Crippen molar-refractivity contribution in [1.82, 2.24) is 20.2 Å². The Morgan fingerprint density at radius 1 is 1.40 bits per heavy atom. The van der Waals surface area contributed by atoms with Gasteiger partial charge in [-0.15, -0.1) is 5.10 Å². The number of nitrogens with one attached hydrogen (secondary N) is 1. The molecule has 108 valence electrons. The van der Waals surface area contributed by atoms with Gasteiger partial charge < -0.3 is 5.32 Å². The van der Waals surface area contributed by atoms with Gasteiger partial charge in [0.05, 0.1) is 11.4 Å². The molecule has 0 aliphatic carbocycles. The van der Waals surface area contributed by atoms with Crippen molar-refractivity contribution in [3.8, 4) is 5.69 Å². The first-order valence-corrected chi connectivity index (χ1v) is 8.19. The zero-order chi connectivity index (χ0) is 14.8. The topological polar surface area (TPSA) is 89.8 Å². The van der Waals surface area contributed by atoms with Crippen LogP contribution in [0.1, 0.15) is 12.5 Å². The molecule has 1 unspecified atom stereocenters. The van der Waals surface area contributed by atoms with Gasteiger partial charge in [0, 0.05) is 18.0 Å². The predicted molar refractivity (Wildman–Crippen MR) is 76.7 cm³/mol. The molecule has 0 saturated heterocycles. The summed E-state index contributed by atoms with van der Waals surface area (Å²) >= 11 is 0. The minimum atomic E-state index is -3.01. The highest BCUT2D eigenvalue weighted by atomic mass is 32.2. The van der Waals surface area contributed by atoms with Gasteiger partial charge in [-0.05, 0) is 42.0 Å². The molecule has 0 fully saturated rings. The Bertz CT molecular complexity index is 682. The van der Waals surface area contributed by atoms with Crippen LogP contribution in [0.2, 0.25) is 0 Å². The van der Waals surface area contributed by atoms with Gasteiger partial charge in [-0.3, -0.25) is 0 Å². The van der Waals surface area contributed by atoms with Crippen molar-refractivity contribution in [2.75, 3.05) is 17.3 Å². The second-order valence-electron chi connectivity index (χ2n) is 4.89. The largest absolute Gasteiger partial charge is 0.381 e. The van der Waals surface area contributed by atoms with Crippen LogP contribution in [0.4, 0.5) is 5.69 Å². The molecule has 20 heavy (non-hydrogen) atoms. The van der Waals surface area contributed by atoms with E-state index in [0.717, 1.165) is 16.9 Å². The molecule has 8 heteroatoms. The standard InChI is InChI=1S/C12H17N5O2S/c1-9-4-5-11(17-8-13-15-16-17)6-12(9)14-10(2)7-20(3,18)19/h4-6,8,10,14H,7H2,1-3H3. The molecule has 1 heterocycles. The average Bonchev–Trinajstić information content (AvgIpc) is 2.83. The van der Waals surface area contributed by atoms with Crippen LogP contribution in [-0.4, -0.2) is 46.7 Å². The maximum absolute atomic E-state index is 11.3. The van der Waals surface area contributed by atoms with Crippen molar-refractivity contribution in [3.05, 3.63) is 30.1 Å². The SMILES string of the molecule is Cc1ccc(-n2cnnn2)cc1NC(C)CS(C)(=O)=O. The number of sulfone groups is 1. The Labute approximate surface area is 117 Å². The Morgan fingerprint density at radius 3 is 2.75 bits per heavy atom. The summed E-state index contributed by atoms with van der Waals surface area (Å²) in [7, 11) is -3.01. The lowest BCUT2D eigenvalue weighted by Crippen LogP contribution is -2.25. The lowest BCUT2D eigenvalue weighted by atomic mass is 10.1. The highest BCUT2D eigenvalue weighted by molar-refractivity contribution is 7.90. The summed E-state index contributed by atoms with van der Waals surface area (Å²) in [6.07, 6.45) is 2.74. The van der Waals surface area contributed by atoms with Crippen LogP contribution in [0.3, 0.4) is 0 Å². The normalized spacial score (nSPS) is 13.2. The third-order valence-corrected chi connectivity index (χ3v) is 3.89. The van der Waals surface area contributed by atoms with Crippen molar-refractivity contribution >= 4 is 15.5 Å². The van der Waals surface area contributed by atoms with E-state index in [-0.39, 0.29) is 11.8 Å². The van der Waals surface area contributed by atoms with Gasteiger partial charge in [0.1, 0.15) is 16.2 Å². The van der Waals surface area contributed by atoms with Crippen molar-refractivity contribution < 1.29 is 8.42 Å². The lowest BCUT2D eigenvalue weighted by molar-refractivity contribution is 0.598. The Morgan fingerprint density at radius 2 is 2.15 bits per heavy atom. The number of rotatable bonds is 5. The second-order valence-corrected chi connectivity index (χ2v) is 7.08. The van der Waals surface area contributed by atoms with E-state index >= 15 is 0 Å². The summed E-state index contributed by atoms with van der Waals surface area (Å²) in [4.78, 5) is 0. The highest BCUT2D eigenvalue weighted by Crippen LogP contribution is 2.20. The summed E-state index contributed by atoms with van der Waals surface area (Å²) in [6, 6.07) is 5.56. The Balaban J connectivity index is 2.21. The molecule has 2 aromatic rings. The zero-order valence-corrected chi connectivity index (χ0v) is 12.4. The molecule has 1 aromatic heterocycles. The number of nitrogens with zero attached hydrogens (tertiary/aromatic N) is 4. The second kappa shape index (κ2) is 5.58. The van der Waals surface area contributed by atoms with E-state index in [0.29, 0.717) is 0 Å². The van der Waals surface area contributed by atoms with Gasteiger partial charge in [0.2, 0.25) is 0 Å². The summed E-state index contributed by atoms with van der Waals surface area (Å²) in [5, 5.41) is 14.2. The molecule has 0 bridgehead atoms. The van der Waals surface area contributed by atoms with Crippen LogP contribution >= 0.6 is 0 Å². The van der Waals surface area contributed by atoms with Crippen molar-refractivity contribution in [2.24, 2.45) is 0 Å². The highest BCUT2D eigenvalue weighted by Gasteiger charge is 2.12. The van der Waals surface area contributed by atoms with Crippen LogP contribution in [0.25, 0.3) is 5.69 Å². The summed E-state index contributed by atoms with van der Waals surface area (Å²) in [5.74, 6) is 0.0849. The van der Waals surface area contributed by atoms with Gasteiger partial charge in [0.15, 0.2) is 0 Å². The molecule has 7 nitrogen and oxygen atoms in total. The predicted octanol–water partition coefficient (Wildman–Crippen LogP) is 0.816. The smallest absolute Gasteiger partial charge is 0.149 e. The van der Waals surface area contributed by atoms with Gasteiger partial charge in [-0.1, -0.05) is 6.07 Å². The van der Waals surface area contributed by atoms with E-state index in [1.54, 1.807) is 4.68 Å². The Kier molecular flexibility index (Phi) is 4.03. The molecule has 0 saturated carbocycles. The summed E-state index contributed by atoms with van der Waals surface area (Å²) < 4.78 is 24.1. The molecule has 1 aromatic carbocycles. The number of hydrogen-bond acceptors (Lipinski definition) is 6. The molecule has 1 N–H and O–H groups in total. The number of aromatic nitrogens is 4. The molecular formula is C12H17N5O2S. The van der Waals surface area contributed by atoms with E-state index in [4.69, 9.17) is 0 Å². The molecule has 0 aliphatic rings. The maximum Gasteiger partial charge on any atom is 0.149 e. The van der Waals surface area contributed by atoms with Crippen LogP contribution in [0.15, 0.2) is 24.5 Å². The van der Waals surface area contributed by atoms with Gasteiger partial charge in [-0.25, -0.2) is 13.1 Å². The molecule has 2 rings (SSSR count). The Hall–Kier alpha value is -1.96. The van der Waals surface area contributed by atoms with Crippen molar-refractivity contribution in [2.45, 2.75) is 19.9 Å². The number of hydrogen-bond donors (Lipinski definition) is 1. The minimum absolute atomic E-state index is 0.0849. The first-order chi connectivity index (χ1) is 9.35.